The largest absolute Gasteiger partial charge is 0.489 e. The van der Waals surface area contributed by atoms with Crippen LogP contribution < -0.4 is 10.2 Å². The highest BCUT2D eigenvalue weighted by atomic mass is 16.5. The quantitative estimate of drug-likeness (QED) is 0.562. The van der Waals surface area contributed by atoms with E-state index in [-0.39, 0.29) is 11.3 Å². The molecule has 0 saturated heterocycles. The van der Waals surface area contributed by atoms with Crippen LogP contribution in [-0.4, -0.2) is 11.6 Å². The van der Waals surface area contributed by atoms with Crippen LogP contribution in [0.25, 0.3) is 0 Å². The molecular weight excluding hydrogens is 360 g/mol. The standard InChI is InChI=1S/C25H28N2O2/c1-25(2,3)20-11-13-21(14-12-20)29-16-17-7-9-18(10-8-17)24(28)27-26-23-15-19-5-4-6-22(19)23/h4,6-14,19,22H,5,15-16H2,1-3H3,(H,27,28)/b26-23-/t19-,22-/m0/s1. The number of allylic oxidation sites excluding steroid dienone is 2. The van der Waals surface area contributed by atoms with Crippen molar-refractivity contribution in [3.05, 3.63) is 77.4 Å². The first kappa shape index (κ1) is 19.4. The lowest BCUT2D eigenvalue weighted by Gasteiger charge is -2.31. The third-order valence-corrected chi connectivity index (χ3v) is 5.79. The van der Waals surface area contributed by atoms with Gasteiger partial charge >= 0.3 is 0 Å². The zero-order valence-electron chi connectivity index (χ0n) is 17.3. The Labute approximate surface area is 172 Å². The molecule has 0 spiro atoms. The Hall–Kier alpha value is -2.88. The molecule has 2 aromatic carbocycles. The molecule has 1 N–H and O–H groups in total. The molecule has 150 valence electrons. The summed E-state index contributed by atoms with van der Waals surface area (Å²) in [7, 11) is 0. The molecule has 2 aliphatic carbocycles. The van der Waals surface area contributed by atoms with Crippen LogP contribution in [0.3, 0.4) is 0 Å². The average Bonchev–Trinajstić information content (AvgIpc) is 3.07. The number of nitrogens with one attached hydrogen (secondary N) is 1. The van der Waals surface area contributed by atoms with E-state index in [0.717, 1.165) is 29.9 Å². The predicted octanol–water partition coefficient (Wildman–Crippen LogP) is 5.24. The Kier molecular flexibility index (Phi) is 5.27. The van der Waals surface area contributed by atoms with Gasteiger partial charge in [-0.15, -0.1) is 0 Å². The minimum absolute atomic E-state index is 0.133. The minimum Gasteiger partial charge on any atom is -0.489 e. The first-order valence-electron chi connectivity index (χ1n) is 10.3. The molecule has 2 aliphatic rings. The van der Waals surface area contributed by atoms with Crippen LogP contribution in [-0.2, 0) is 12.0 Å². The van der Waals surface area contributed by atoms with Crippen molar-refractivity contribution in [2.75, 3.05) is 0 Å². The second-order valence-electron chi connectivity index (χ2n) is 8.96. The van der Waals surface area contributed by atoms with Crippen LogP contribution in [0, 0.1) is 11.8 Å². The van der Waals surface area contributed by atoms with Gasteiger partial charge in [-0.1, -0.05) is 57.2 Å². The number of ether oxygens (including phenoxy) is 1. The number of amides is 1. The molecule has 0 bridgehead atoms. The molecule has 2 atom stereocenters. The van der Waals surface area contributed by atoms with E-state index in [1.807, 2.05) is 36.4 Å². The van der Waals surface area contributed by atoms with Gasteiger partial charge in [0.1, 0.15) is 12.4 Å². The lowest BCUT2D eigenvalue weighted by molar-refractivity contribution is 0.0954. The van der Waals surface area contributed by atoms with Crippen LogP contribution in [0.15, 0.2) is 65.8 Å². The topological polar surface area (TPSA) is 50.7 Å². The summed E-state index contributed by atoms with van der Waals surface area (Å²) in [5.74, 6) is 1.81. The van der Waals surface area contributed by atoms with E-state index >= 15 is 0 Å². The van der Waals surface area contributed by atoms with Crippen molar-refractivity contribution in [2.45, 2.75) is 45.6 Å². The van der Waals surface area contributed by atoms with E-state index in [4.69, 9.17) is 4.74 Å². The number of benzene rings is 2. The smallest absolute Gasteiger partial charge is 0.271 e. The Morgan fingerprint density at radius 1 is 1.10 bits per heavy atom. The maximum atomic E-state index is 12.3. The second-order valence-corrected chi connectivity index (χ2v) is 8.96. The summed E-state index contributed by atoms with van der Waals surface area (Å²) >= 11 is 0. The van der Waals surface area contributed by atoms with Crippen molar-refractivity contribution in [1.82, 2.24) is 5.43 Å². The minimum atomic E-state index is -0.173. The monoisotopic (exact) mass is 388 g/mol. The van der Waals surface area contributed by atoms with Crippen LogP contribution in [0.2, 0.25) is 0 Å². The maximum Gasteiger partial charge on any atom is 0.271 e. The van der Waals surface area contributed by atoms with E-state index in [0.29, 0.717) is 24.0 Å². The van der Waals surface area contributed by atoms with Gasteiger partial charge in [-0.05, 0) is 59.6 Å². The molecule has 4 nitrogen and oxygen atoms in total. The number of carbonyl (C=O) groups excluding carboxylic acids is 1. The lowest BCUT2D eigenvalue weighted by Crippen LogP contribution is -2.35. The van der Waals surface area contributed by atoms with Gasteiger partial charge in [-0.2, -0.15) is 5.10 Å². The molecule has 0 unspecified atom stereocenters. The van der Waals surface area contributed by atoms with Gasteiger partial charge in [-0.3, -0.25) is 4.79 Å². The molecule has 0 aliphatic heterocycles. The van der Waals surface area contributed by atoms with Gasteiger partial charge in [-0.25, -0.2) is 5.43 Å². The lowest BCUT2D eigenvalue weighted by atomic mass is 9.74. The fraction of sp³-hybridized carbons (Fsp3) is 0.360. The molecule has 0 heterocycles. The summed E-state index contributed by atoms with van der Waals surface area (Å²) in [4.78, 5) is 12.3. The molecule has 1 saturated carbocycles. The van der Waals surface area contributed by atoms with Crippen molar-refractivity contribution in [3.63, 3.8) is 0 Å². The van der Waals surface area contributed by atoms with Gasteiger partial charge < -0.3 is 4.74 Å². The van der Waals surface area contributed by atoms with Gasteiger partial charge in [0.15, 0.2) is 0 Å². The number of hydrogen-bond donors (Lipinski definition) is 1. The fourth-order valence-corrected chi connectivity index (χ4v) is 3.82. The zero-order chi connectivity index (χ0) is 20.4. The highest BCUT2D eigenvalue weighted by molar-refractivity contribution is 5.98. The summed E-state index contributed by atoms with van der Waals surface area (Å²) in [6, 6.07) is 15.7. The maximum absolute atomic E-state index is 12.3. The van der Waals surface area contributed by atoms with Crippen molar-refractivity contribution >= 4 is 11.6 Å². The first-order valence-corrected chi connectivity index (χ1v) is 10.3. The van der Waals surface area contributed by atoms with E-state index in [1.165, 1.54) is 5.56 Å². The predicted molar refractivity (Wildman–Crippen MR) is 116 cm³/mol. The second kappa shape index (κ2) is 7.86. The molecule has 1 amide bonds. The van der Waals surface area contributed by atoms with Crippen LogP contribution in [0.1, 0.15) is 55.1 Å². The highest BCUT2D eigenvalue weighted by Gasteiger charge is 2.37. The van der Waals surface area contributed by atoms with Crippen LogP contribution in [0.5, 0.6) is 5.75 Å². The molecular formula is C25H28N2O2. The Morgan fingerprint density at radius 3 is 2.48 bits per heavy atom. The van der Waals surface area contributed by atoms with E-state index in [1.54, 1.807) is 0 Å². The summed E-state index contributed by atoms with van der Waals surface area (Å²) in [6.07, 6.45) is 6.54. The van der Waals surface area contributed by atoms with E-state index < -0.39 is 0 Å². The fourth-order valence-electron chi connectivity index (χ4n) is 3.82. The average molecular weight is 389 g/mol. The summed E-state index contributed by atoms with van der Waals surface area (Å²) in [6.45, 7) is 7.05. The molecule has 29 heavy (non-hydrogen) atoms. The molecule has 0 radical (unpaired) electrons. The van der Waals surface area contributed by atoms with E-state index in [9.17, 15) is 4.79 Å². The highest BCUT2D eigenvalue weighted by Crippen LogP contribution is 2.40. The number of carbonyl (C=O) groups is 1. The summed E-state index contributed by atoms with van der Waals surface area (Å²) in [5.41, 5.74) is 6.81. The SMILES string of the molecule is CC(C)(C)c1ccc(OCc2ccc(C(=O)N/N=C3/C[C@@H]4CC=C[C@H]34)cc2)cc1. The molecule has 1 fully saturated rings. The van der Waals surface area contributed by atoms with Gasteiger partial charge in [0.25, 0.3) is 5.91 Å². The number of fused-ring (bicyclic) bond motifs is 1. The van der Waals surface area contributed by atoms with Crippen molar-refractivity contribution in [3.8, 4) is 5.75 Å². The van der Waals surface area contributed by atoms with Crippen LogP contribution >= 0.6 is 0 Å². The number of hydrazone groups is 1. The number of nitrogens with zero attached hydrogens (tertiary/aromatic N) is 1. The van der Waals surface area contributed by atoms with E-state index in [2.05, 4.69) is 55.6 Å². The van der Waals surface area contributed by atoms with Crippen molar-refractivity contribution in [2.24, 2.45) is 16.9 Å². The van der Waals surface area contributed by atoms with Crippen molar-refractivity contribution < 1.29 is 9.53 Å². The Balaban J connectivity index is 1.29. The molecule has 2 aromatic rings. The molecule has 4 rings (SSSR count). The van der Waals surface area contributed by atoms with Gasteiger partial charge in [0.05, 0.1) is 0 Å². The Morgan fingerprint density at radius 2 is 1.83 bits per heavy atom. The van der Waals surface area contributed by atoms with Crippen LogP contribution in [0.4, 0.5) is 0 Å². The Bertz CT molecular complexity index is 934. The third-order valence-electron chi connectivity index (χ3n) is 5.79. The number of rotatable bonds is 5. The molecule has 0 aromatic heterocycles. The first-order chi connectivity index (χ1) is 13.9. The summed E-state index contributed by atoms with van der Waals surface area (Å²) in [5, 5.41) is 4.31. The molecule has 4 heteroatoms. The van der Waals surface area contributed by atoms with Crippen molar-refractivity contribution in [1.29, 1.82) is 0 Å². The normalized spacial score (nSPS) is 21.6. The van der Waals surface area contributed by atoms with Gasteiger partial charge in [0.2, 0.25) is 0 Å². The zero-order valence-corrected chi connectivity index (χ0v) is 17.3. The third kappa shape index (κ3) is 4.42. The van der Waals surface area contributed by atoms with Gasteiger partial charge in [0, 0.05) is 17.2 Å². The summed E-state index contributed by atoms with van der Waals surface area (Å²) < 4.78 is 5.87. The number of hydrogen-bond acceptors (Lipinski definition) is 3.